The molecule has 0 unspecified atom stereocenters. The zero-order valence-electron chi connectivity index (χ0n) is 27.9. The van der Waals surface area contributed by atoms with Crippen LogP contribution < -0.4 is 20.2 Å². The summed E-state index contributed by atoms with van der Waals surface area (Å²) < 4.78 is 2.64. The number of anilines is 6. The van der Waals surface area contributed by atoms with E-state index in [1.165, 1.54) is 70.0 Å². The van der Waals surface area contributed by atoms with Gasteiger partial charge in [-0.3, -0.25) is 0 Å². The minimum absolute atomic E-state index is 1.16. The van der Waals surface area contributed by atoms with Gasteiger partial charge in [0.25, 0.3) is 0 Å². The Morgan fingerprint density at radius 3 is 1.73 bits per heavy atom. The zero-order valence-corrected chi connectivity index (χ0v) is 29.7. The lowest BCUT2D eigenvalue weighted by atomic mass is 10.0. The number of benzene rings is 7. The number of fused-ring (bicyclic) bond motifs is 6. The van der Waals surface area contributed by atoms with Gasteiger partial charge in [-0.05, 0) is 113 Å². The van der Waals surface area contributed by atoms with E-state index >= 15 is 0 Å². The maximum Gasteiger partial charge on any atom is 0.113 e. The monoisotopic (exact) mass is 664 g/mol. The van der Waals surface area contributed by atoms with Crippen LogP contribution in [0.25, 0.3) is 31.3 Å². The van der Waals surface area contributed by atoms with Gasteiger partial charge >= 0.3 is 0 Å². The standard InChI is InChI=1S/C45H36N2SSi/c1-31-13-12-18-34(27-31)47(36-21-24-39-38-19-10-11-20-42(38)48-43(39)29-36)35-23-26-44-41(28-35)40-25-22-37(30-45(40)49(44,2)3)46(32-14-6-4-7-15-32)33-16-8-5-9-17-33/h4-30H,1-3H3. The largest absolute Gasteiger partial charge is 0.311 e. The summed E-state index contributed by atoms with van der Waals surface area (Å²) in [6.45, 7) is 7.18. The molecular formula is C45H36N2SSi. The number of para-hydroxylation sites is 2. The fourth-order valence-electron chi connectivity index (χ4n) is 7.68. The van der Waals surface area contributed by atoms with Crippen molar-refractivity contribution in [1.82, 2.24) is 0 Å². The highest BCUT2D eigenvalue weighted by Gasteiger charge is 2.38. The molecule has 1 aliphatic rings. The molecule has 0 atom stereocenters. The van der Waals surface area contributed by atoms with Crippen molar-refractivity contribution >= 4 is 84.1 Å². The SMILES string of the molecule is Cc1cccc(N(c2ccc3c(c2)-c2ccc(N(c4ccccc4)c4ccccc4)cc2[Si]3(C)C)c2ccc3c(c2)sc2ccccc23)c1. The average molecular weight is 665 g/mol. The molecule has 0 aliphatic carbocycles. The van der Waals surface area contributed by atoms with Crippen molar-refractivity contribution in [2.75, 3.05) is 9.80 Å². The summed E-state index contributed by atoms with van der Waals surface area (Å²) in [5.41, 5.74) is 11.0. The summed E-state index contributed by atoms with van der Waals surface area (Å²) in [5, 5.41) is 5.64. The quantitative estimate of drug-likeness (QED) is 0.163. The normalized spacial score (nSPS) is 13.0. The Kier molecular flexibility index (Phi) is 7.04. The van der Waals surface area contributed by atoms with Crippen LogP contribution in [-0.2, 0) is 0 Å². The first kappa shape index (κ1) is 29.7. The Morgan fingerprint density at radius 1 is 0.408 bits per heavy atom. The number of thiophene rings is 1. The molecule has 2 nitrogen and oxygen atoms in total. The van der Waals surface area contributed by atoms with Crippen molar-refractivity contribution < 1.29 is 0 Å². The van der Waals surface area contributed by atoms with Gasteiger partial charge in [-0.1, -0.05) is 98.0 Å². The van der Waals surface area contributed by atoms with E-state index in [1.807, 2.05) is 11.3 Å². The predicted octanol–water partition coefficient (Wildman–Crippen LogP) is 12.1. The van der Waals surface area contributed by atoms with E-state index in [2.05, 4.69) is 194 Å². The van der Waals surface area contributed by atoms with Crippen molar-refractivity contribution in [2.45, 2.75) is 20.0 Å². The Bertz CT molecular complexity index is 2460. The number of aryl methyl sites for hydroxylation is 1. The second-order valence-corrected chi connectivity index (χ2v) is 19.0. The highest BCUT2D eigenvalue weighted by Crippen LogP contribution is 2.43. The van der Waals surface area contributed by atoms with Crippen LogP contribution in [0.4, 0.5) is 34.1 Å². The van der Waals surface area contributed by atoms with Gasteiger partial charge in [0.1, 0.15) is 8.07 Å². The van der Waals surface area contributed by atoms with Gasteiger partial charge in [0, 0.05) is 54.3 Å². The third-order valence-corrected chi connectivity index (χ3v) is 14.7. The second-order valence-electron chi connectivity index (χ2n) is 13.5. The third kappa shape index (κ3) is 4.99. The van der Waals surface area contributed by atoms with E-state index in [4.69, 9.17) is 0 Å². The minimum Gasteiger partial charge on any atom is -0.311 e. The molecular weight excluding hydrogens is 629 g/mol. The summed E-state index contributed by atoms with van der Waals surface area (Å²) in [6.07, 6.45) is 0. The number of nitrogens with zero attached hydrogens (tertiary/aromatic N) is 2. The molecule has 7 aromatic carbocycles. The van der Waals surface area contributed by atoms with E-state index in [1.54, 1.807) is 0 Å². The third-order valence-electron chi connectivity index (χ3n) is 10.1. The molecule has 2 heterocycles. The summed E-state index contributed by atoms with van der Waals surface area (Å²) in [7, 11) is -1.98. The highest BCUT2D eigenvalue weighted by molar-refractivity contribution is 7.25. The molecule has 0 amide bonds. The first-order valence-electron chi connectivity index (χ1n) is 16.9. The Morgan fingerprint density at radius 2 is 0.980 bits per heavy atom. The Labute approximate surface area is 293 Å². The van der Waals surface area contributed by atoms with Crippen molar-refractivity contribution in [3.63, 3.8) is 0 Å². The molecule has 0 fully saturated rings. The van der Waals surface area contributed by atoms with Gasteiger partial charge in [-0.15, -0.1) is 11.3 Å². The van der Waals surface area contributed by atoms with E-state index in [0.29, 0.717) is 0 Å². The van der Waals surface area contributed by atoms with E-state index < -0.39 is 8.07 Å². The molecule has 4 heteroatoms. The number of hydrogen-bond donors (Lipinski definition) is 0. The van der Waals surface area contributed by atoms with Gasteiger partial charge in [0.05, 0.1) is 0 Å². The number of hydrogen-bond acceptors (Lipinski definition) is 3. The van der Waals surface area contributed by atoms with Gasteiger partial charge in [-0.2, -0.15) is 0 Å². The van der Waals surface area contributed by atoms with Crippen LogP contribution in [0.1, 0.15) is 5.56 Å². The fraction of sp³-hybridized carbons (Fsp3) is 0.0667. The topological polar surface area (TPSA) is 6.48 Å². The molecule has 0 saturated heterocycles. The molecule has 1 aromatic heterocycles. The van der Waals surface area contributed by atoms with E-state index in [-0.39, 0.29) is 0 Å². The summed E-state index contributed by atoms with van der Waals surface area (Å²) >= 11 is 1.87. The lowest BCUT2D eigenvalue weighted by molar-refractivity contribution is 1.28. The molecule has 8 aromatic rings. The molecule has 0 saturated carbocycles. The van der Waals surface area contributed by atoms with E-state index in [0.717, 1.165) is 11.4 Å². The molecule has 9 rings (SSSR count). The lowest BCUT2D eigenvalue weighted by Gasteiger charge is -2.27. The maximum atomic E-state index is 2.50. The van der Waals surface area contributed by atoms with Crippen molar-refractivity contribution in [3.05, 3.63) is 169 Å². The zero-order chi connectivity index (χ0) is 33.1. The number of rotatable bonds is 6. The van der Waals surface area contributed by atoms with Crippen LogP contribution in [0.5, 0.6) is 0 Å². The molecule has 0 radical (unpaired) electrons. The smallest absolute Gasteiger partial charge is 0.113 e. The van der Waals surface area contributed by atoms with Crippen LogP contribution in [0.15, 0.2) is 164 Å². The van der Waals surface area contributed by atoms with Gasteiger partial charge in [0.15, 0.2) is 0 Å². The van der Waals surface area contributed by atoms with Gasteiger partial charge < -0.3 is 9.80 Å². The van der Waals surface area contributed by atoms with Gasteiger partial charge in [-0.25, -0.2) is 0 Å². The van der Waals surface area contributed by atoms with Crippen LogP contribution in [0.3, 0.4) is 0 Å². The van der Waals surface area contributed by atoms with Crippen LogP contribution in [0, 0.1) is 6.92 Å². The lowest BCUT2D eigenvalue weighted by Crippen LogP contribution is -2.49. The molecule has 236 valence electrons. The second kappa shape index (κ2) is 11.6. The average Bonchev–Trinajstić information content (AvgIpc) is 3.61. The summed E-state index contributed by atoms with van der Waals surface area (Å²) in [5.74, 6) is 0. The maximum absolute atomic E-state index is 2.50. The van der Waals surface area contributed by atoms with Crippen LogP contribution in [0.2, 0.25) is 13.1 Å². The fourth-order valence-corrected chi connectivity index (χ4v) is 11.9. The molecule has 0 spiro atoms. The van der Waals surface area contributed by atoms with Crippen LogP contribution >= 0.6 is 11.3 Å². The Balaban J connectivity index is 1.18. The first-order chi connectivity index (χ1) is 24.0. The first-order valence-corrected chi connectivity index (χ1v) is 20.8. The summed E-state index contributed by atoms with van der Waals surface area (Å²) in [4.78, 5) is 4.81. The van der Waals surface area contributed by atoms with Crippen molar-refractivity contribution in [1.29, 1.82) is 0 Å². The molecule has 49 heavy (non-hydrogen) atoms. The van der Waals surface area contributed by atoms with E-state index in [9.17, 15) is 0 Å². The van der Waals surface area contributed by atoms with Crippen LogP contribution in [-0.4, -0.2) is 8.07 Å². The highest BCUT2D eigenvalue weighted by atomic mass is 32.1. The van der Waals surface area contributed by atoms with Gasteiger partial charge in [0.2, 0.25) is 0 Å². The minimum atomic E-state index is -1.98. The molecule has 0 N–H and O–H groups in total. The molecule has 0 bridgehead atoms. The molecule has 1 aliphatic heterocycles. The summed E-state index contributed by atoms with van der Waals surface area (Å²) in [6, 6.07) is 60.3. The van der Waals surface area contributed by atoms with Crippen molar-refractivity contribution in [2.24, 2.45) is 0 Å². The predicted molar refractivity (Wildman–Crippen MR) is 216 cm³/mol. The van der Waals surface area contributed by atoms with Crippen molar-refractivity contribution in [3.8, 4) is 11.1 Å². The Hall–Kier alpha value is -5.42.